The highest BCUT2D eigenvalue weighted by Crippen LogP contribution is 2.27. The number of thiazole rings is 1. The summed E-state index contributed by atoms with van der Waals surface area (Å²) in [4.78, 5) is 17.0. The minimum atomic E-state index is -0.0476. The summed E-state index contributed by atoms with van der Waals surface area (Å²) < 4.78 is 0. The Morgan fingerprint density at radius 1 is 0.862 bits per heavy atom. The van der Waals surface area contributed by atoms with Crippen LogP contribution in [-0.2, 0) is 11.2 Å². The van der Waals surface area contributed by atoms with E-state index in [0.717, 1.165) is 16.8 Å². The van der Waals surface area contributed by atoms with Gasteiger partial charge in [0.15, 0.2) is 5.13 Å². The Morgan fingerprint density at radius 3 is 2.28 bits per heavy atom. The quantitative estimate of drug-likeness (QED) is 0.430. The van der Waals surface area contributed by atoms with Crippen molar-refractivity contribution in [2.45, 2.75) is 20.3 Å². The Labute approximate surface area is 175 Å². The lowest BCUT2D eigenvalue weighted by Crippen LogP contribution is -2.14. The van der Waals surface area contributed by atoms with Crippen LogP contribution in [0.5, 0.6) is 0 Å². The van der Waals surface area contributed by atoms with Crippen LogP contribution in [0.15, 0.2) is 78.2 Å². The number of benzene rings is 3. The third-order valence-corrected chi connectivity index (χ3v) is 5.73. The Morgan fingerprint density at radius 2 is 1.55 bits per heavy atom. The fraction of sp³-hybridized carbons (Fsp3) is 0.120. The minimum Gasteiger partial charge on any atom is -0.302 e. The number of amides is 1. The molecule has 0 aliphatic heterocycles. The zero-order valence-electron chi connectivity index (χ0n) is 16.5. The van der Waals surface area contributed by atoms with Crippen LogP contribution in [0.2, 0.25) is 0 Å². The molecule has 0 saturated carbocycles. The van der Waals surface area contributed by atoms with Gasteiger partial charge in [-0.2, -0.15) is 0 Å². The maximum absolute atomic E-state index is 12.4. The molecule has 29 heavy (non-hydrogen) atoms. The van der Waals surface area contributed by atoms with Gasteiger partial charge in [0.05, 0.1) is 12.1 Å². The molecule has 144 valence electrons. The van der Waals surface area contributed by atoms with E-state index in [4.69, 9.17) is 0 Å². The van der Waals surface area contributed by atoms with E-state index in [2.05, 4.69) is 72.7 Å². The molecule has 0 spiro atoms. The highest BCUT2D eigenvalue weighted by molar-refractivity contribution is 7.14. The monoisotopic (exact) mass is 398 g/mol. The summed E-state index contributed by atoms with van der Waals surface area (Å²) in [5.41, 5.74) is 7.72. The number of anilines is 1. The fourth-order valence-corrected chi connectivity index (χ4v) is 3.93. The van der Waals surface area contributed by atoms with Crippen LogP contribution < -0.4 is 5.32 Å². The molecule has 4 aromatic rings. The van der Waals surface area contributed by atoms with Gasteiger partial charge in [-0.25, -0.2) is 4.98 Å². The molecule has 0 aliphatic rings. The normalized spacial score (nSPS) is 10.7. The van der Waals surface area contributed by atoms with E-state index in [1.165, 1.54) is 33.6 Å². The van der Waals surface area contributed by atoms with Gasteiger partial charge in [-0.05, 0) is 41.7 Å². The van der Waals surface area contributed by atoms with E-state index in [9.17, 15) is 4.79 Å². The van der Waals surface area contributed by atoms with Gasteiger partial charge in [-0.1, -0.05) is 72.8 Å². The highest BCUT2D eigenvalue weighted by Gasteiger charge is 2.10. The van der Waals surface area contributed by atoms with Crippen molar-refractivity contribution in [3.63, 3.8) is 0 Å². The van der Waals surface area contributed by atoms with Crippen molar-refractivity contribution in [3.05, 3.63) is 94.9 Å². The van der Waals surface area contributed by atoms with Gasteiger partial charge in [-0.3, -0.25) is 4.79 Å². The first kappa shape index (κ1) is 19.1. The predicted molar refractivity (Wildman–Crippen MR) is 121 cm³/mol. The van der Waals surface area contributed by atoms with Crippen molar-refractivity contribution in [2.75, 3.05) is 5.32 Å². The van der Waals surface area contributed by atoms with Gasteiger partial charge in [0.1, 0.15) is 0 Å². The lowest BCUT2D eigenvalue weighted by atomic mass is 10.0. The molecule has 0 atom stereocenters. The molecule has 1 N–H and O–H groups in total. The molecule has 3 aromatic carbocycles. The lowest BCUT2D eigenvalue weighted by molar-refractivity contribution is -0.115. The van der Waals surface area contributed by atoms with Crippen LogP contribution in [0, 0.1) is 13.8 Å². The van der Waals surface area contributed by atoms with Crippen LogP contribution in [0.25, 0.3) is 22.4 Å². The number of carbonyl (C=O) groups is 1. The van der Waals surface area contributed by atoms with Crippen molar-refractivity contribution >= 4 is 22.4 Å². The standard InChI is InChI=1S/C25H22N2OS/c1-17-8-9-19(14-18(17)2)15-24(28)27-25-26-23(16-29-25)22-12-10-21(11-13-22)20-6-4-3-5-7-20/h3-14,16H,15H2,1-2H3,(H,26,27,28). The largest absolute Gasteiger partial charge is 0.302 e. The number of rotatable bonds is 5. The van der Waals surface area contributed by atoms with E-state index >= 15 is 0 Å². The molecule has 0 radical (unpaired) electrons. The van der Waals surface area contributed by atoms with Crippen molar-refractivity contribution in [3.8, 4) is 22.4 Å². The Balaban J connectivity index is 1.42. The fourth-order valence-electron chi connectivity index (χ4n) is 3.19. The molecule has 1 aromatic heterocycles. The molecule has 0 aliphatic carbocycles. The molecular weight excluding hydrogens is 376 g/mol. The van der Waals surface area contributed by atoms with E-state index in [-0.39, 0.29) is 5.91 Å². The smallest absolute Gasteiger partial charge is 0.230 e. The van der Waals surface area contributed by atoms with Crippen molar-refractivity contribution in [1.29, 1.82) is 0 Å². The lowest BCUT2D eigenvalue weighted by Gasteiger charge is -2.05. The molecule has 1 amide bonds. The van der Waals surface area contributed by atoms with E-state index in [0.29, 0.717) is 11.6 Å². The Bertz CT molecular complexity index is 1130. The number of hydrogen-bond acceptors (Lipinski definition) is 3. The summed E-state index contributed by atoms with van der Waals surface area (Å²) in [6, 6.07) is 24.7. The maximum atomic E-state index is 12.4. The molecule has 4 heteroatoms. The van der Waals surface area contributed by atoms with Crippen molar-refractivity contribution in [2.24, 2.45) is 0 Å². The Hall–Kier alpha value is -3.24. The second kappa shape index (κ2) is 8.41. The van der Waals surface area contributed by atoms with Gasteiger partial charge >= 0.3 is 0 Å². The van der Waals surface area contributed by atoms with Crippen molar-refractivity contribution < 1.29 is 4.79 Å². The molecule has 3 nitrogen and oxygen atoms in total. The van der Waals surface area contributed by atoms with Crippen LogP contribution in [-0.4, -0.2) is 10.9 Å². The van der Waals surface area contributed by atoms with Crippen LogP contribution in [0.4, 0.5) is 5.13 Å². The zero-order chi connectivity index (χ0) is 20.2. The Kier molecular flexibility index (Phi) is 5.54. The molecule has 0 saturated heterocycles. The molecule has 1 heterocycles. The van der Waals surface area contributed by atoms with Crippen LogP contribution in [0.1, 0.15) is 16.7 Å². The molecule has 0 unspecified atom stereocenters. The van der Waals surface area contributed by atoms with Gasteiger partial charge in [0.25, 0.3) is 0 Å². The molecule has 0 bridgehead atoms. The van der Waals surface area contributed by atoms with Crippen molar-refractivity contribution in [1.82, 2.24) is 4.98 Å². The van der Waals surface area contributed by atoms with E-state index < -0.39 is 0 Å². The van der Waals surface area contributed by atoms with E-state index in [1.807, 2.05) is 29.6 Å². The van der Waals surface area contributed by atoms with Gasteiger partial charge in [0, 0.05) is 10.9 Å². The molecular formula is C25H22N2OS. The highest BCUT2D eigenvalue weighted by atomic mass is 32.1. The maximum Gasteiger partial charge on any atom is 0.230 e. The average molecular weight is 399 g/mol. The van der Waals surface area contributed by atoms with E-state index in [1.54, 1.807) is 0 Å². The third-order valence-electron chi connectivity index (χ3n) is 4.97. The van der Waals surface area contributed by atoms with Crippen LogP contribution >= 0.6 is 11.3 Å². The SMILES string of the molecule is Cc1ccc(CC(=O)Nc2nc(-c3ccc(-c4ccccc4)cc3)cs2)cc1C. The zero-order valence-corrected chi connectivity index (χ0v) is 17.3. The summed E-state index contributed by atoms with van der Waals surface area (Å²) in [6.45, 7) is 4.13. The summed E-state index contributed by atoms with van der Waals surface area (Å²) in [5, 5.41) is 5.52. The number of nitrogens with one attached hydrogen (secondary N) is 1. The van der Waals surface area contributed by atoms with Gasteiger partial charge in [-0.15, -0.1) is 11.3 Å². The third kappa shape index (κ3) is 4.61. The average Bonchev–Trinajstić information content (AvgIpc) is 3.20. The minimum absolute atomic E-state index is 0.0476. The molecule has 4 rings (SSSR count). The van der Waals surface area contributed by atoms with Gasteiger partial charge < -0.3 is 5.32 Å². The predicted octanol–water partition coefficient (Wildman–Crippen LogP) is 6.28. The number of carbonyl (C=O) groups excluding carboxylic acids is 1. The first-order valence-electron chi connectivity index (χ1n) is 9.56. The van der Waals surface area contributed by atoms with Gasteiger partial charge in [0.2, 0.25) is 5.91 Å². The second-order valence-electron chi connectivity index (χ2n) is 7.12. The summed E-state index contributed by atoms with van der Waals surface area (Å²) in [5.74, 6) is -0.0476. The number of aryl methyl sites for hydroxylation is 2. The first-order valence-corrected chi connectivity index (χ1v) is 10.4. The summed E-state index contributed by atoms with van der Waals surface area (Å²) in [7, 11) is 0. The number of nitrogens with zero attached hydrogens (tertiary/aromatic N) is 1. The number of hydrogen-bond donors (Lipinski definition) is 1. The molecule has 0 fully saturated rings. The van der Waals surface area contributed by atoms with Crippen LogP contribution in [0.3, 0.4) is 0 Å². The first-order chi connectivity index (χ1) is 14.1. The summed E-state index contributed by atoms with van der Waals surface area (Å²) in [6.07, 6.45) is 0.349. The topological polar surface area (TPSA) is 42.0 Å². The number of aromatic nitrogens is 1. The summed E-state index contributed by atoms with van der Waals surface area (Å²) >= 11 is 1.45. The second-order valence-corrected chi connectivity index (χ2v) is 7.98.